The molecule has 6 heteroatoms. The molecule has 0 aliphatic heterocycles. The first-order valence-corrected chi connectivity index (χ1v) is 7.96. The smallest absolute Gasteiger partial charge is 0.307 e. The number of hydrogen-bond donors (Lipinski definition) is 1. The van der Waals surface area contributed by atoms with Gasteiger partial charge in [0.2, 0.25) is 0 Å². The molecule has 2 aromatic heterocycles. The summed E-state index contributed by atoms with van der Waals surface area (Å²) in [5, 5.41) is 5.43. The van der Waals surface area contributed by atoms with Crippen LogP contribution in [0.4, 0.5) is 0 Å². The lowest BCUT2D eigenvalue weighted by molar-refractivity contribution is -0.141. The minimum absolute atomic E-state index is 0.0378. The van der Waals surface area contributed by atoms with Crippen molar-refractivity contribution >= 4 is 17.3 Å². The average molecular weight is 307 g/mol. The molecule has 0 aliphatic carbocycles. The molecule has 1 N–H and O–H groups in total. The number of carbonyl (C=O) groups is 1. The Morgan fingerprint density at radius 2 is 2.43 bits per heavy atom. The molecule has 114 valence electrons. The van der Waals surface area contributed by atoms with E-state index in [4.69, 9.17) is 4.74 Å². The van der Waals surface area contributed by atoms with E-state index < -0.39 is 0 Å². The Balaban J connectivity index is 2.01. The zero-order valence-electron chi connectivity index (χ0n) is 12.4. The minimum atomic E-state index is -0.210. The van der Waals surface area contributed by atoms with Gasteiger partial charge in [0, 0.05) is 23.8 Å². The van der Waals surface area contributed by atoms with Gasteiger partial charge in [0.25, 0.3) is 0 Å². The fourth-order valence-electron chi connectivity index (χ4n) is 2.18. The minimum Gasteiger partial charge on any atom is -0.469 e. The largest absolute Gasteiger partial charge is 0.469 e. The lowest BCUT2D eigenvalue weighted by Crippen LogP contribution is -2.25. The Labute approximate surface area is 129 Å². The van der Waals surface area contributed by atoms with E-state index in [1.54, 1.807) is 11.3 Å². The third kappa shape index (κ3) is 4.41. The van der Waals surface area contributed by atoms with Crippen molar-refractivity contribution in [2.75, 3.05) is 7.11 Å². The maximum absolute atomic E-state index is 11.6. The van der Waals surface area contributed by atoms with Crippen molar-refractivity contribution in [3.05, 3.63) is 40.6 Å². The summed E-state index contributed by atoms with van der Waals surface area (Å²) in [6, 6.07) is 3.98. The number of ether oxygens (including phenoxy) is 1. The number of nitrogens with zero attached hydrogens (tertiary/aromatic N) is 2. The van der Waals surface area contributed by atoms with Gasteiger partial charge < -0.3 is 14.6 Å². The van der Waals surface area contributed by atoms with E-state index in [9.17, 15) is 4.79 Å². The SMILES string of the molecule is CCCn1ccnc1CNC(CC(=O)OC)c1cccs1. The van der Waals surface area contributed by atoms with Crippen LogP contribution in [0, 0.1) is 0 Å². The van der Waals surface area contributed by atoms with Crippen LogP contribution in [-0.4, -0.2) is 22.6 Å². The summed E-state index contributed by atoms with van der Waals surface area (Å²) in [7, 11) is 1.42. The number of nitrogens with one attached hydrogen (secondary N) is 1. The van der Waals surface area contributed by atoms with Crippen molar-refractivity contribution < 1.29 is 9.53 Å². The van der Waals surface area contributed by atoms with E-state index in [2.05, 4.69) is 21.8 Å². The summed E-state index contributed by atoms with van der Waals surface area (Å²) in [5.74, 6) is 0.779. The van der Waals surface area contributed by atoms with Gasteiger partial charge in [-0.25, -0.2) is 4.98 Å². The number of hydrogen-bond acceptors (Lipinski definition) is 5. The zero-order valence-corrected chi connectivity index (χ0v) is 13.2. The molecule has 1 atom stereocenters. The predicted molar refractivity (Wildman–Crippen MR) is 83.1 cm³/mol. The van der Waals surface area contributed by atoms with E-state index in [0.29, 0.717) is 13.0 Å². The number of imidazole rings is 1. The third-order valence-electron chi connectivity index (χ3n) is 3.26. The first kappa shape index (κ1) is 15.7. The monoisotopic (exact) mass is 307 g/mol. The molecule has 21 heavy (non-hydrogen) atoms. The topological polar surface area (TPSA) is 56.2 Å². The van der Waals surface area contributed by atoms with Crippen LogP contribution in [0.1, 0.15) is 36.5 Å². The highest BCUT2D eigenvalue weighted by Gasteiger charge is 2.17. The molecule has 5 nitrogen and oxygen atoms in total. The number of thiophene rings is 1. The Morgan fingerprint density at radius 1 is 1.57 bits per heavy atom. The highest BCUT2D eigenvalue weighted by atomic mass is 32.1. The number of aryl methyl sites for hydroxylation is 1. The first-order valence-electron chi connectivity index (χ1n) is 7.08. The normalized spacial score (nSPS) is 12.3. The lowest BCUT2D eigenvalue weighted by Gasteiger charge is -2.16. The number of esters is 1. The van der Waals surface area contributed by atoms with Crippen molar-refractivity contribution in [2.45, 2.75) is 38.9 Å². The number of rotatable bonds is 8. The Morgan fingerprint density at radius 3 is 3.10 bits per heavy atom. The van der Waals surface area contributed by atoms with Crippen LogP contribution >= 0.6 is 11.3 Å². The molecular weight excluding hydrogens is 286 g/mol. The Hall–Kier alpha value is -1.66. The maximum Gasteiger partial charge on any atom is 0.307 e. The van der Waals surface area contributed by atoms with Crippen LogP contribution in [0.5, 0.6) is 0 Å². The molecule has 0 bridgehead atoms. The quantitative estimate of drug-likeness (QED) is 0.762. The Kier molecular flexibility index (Phi) is 5.95. The van der Waals surface area contributed by atoms with Gasteiger partial charge >= 0.3 is 5.97 Å². The summed E-state index contributed by atoms with van der Waals surface area (Å²) in [5.41, 5.74) is 0. The maximum atomic E-state index is 11.6. The molecule has 2 aromatic rings. The second-order valence-corrected chi connectivity index (χ2v) is 5.75. The van der Waals surface area contributed by atoms with Gasteiger partial charge in [-0.3, -0.25) is 4.79 Å². The van der Waals surface area contributed by atoms with E-state index in [0.717, 1.165) is 23.7 Å². The molecule has 0 fully saturated rings. The summed E-state index contributed by atoms with van der Waals surface area (Å²) in [4.78, 5) is 17.1. The van der Waals surface area contributed by atoms with Crippen molar-refractivity contribution in [2.24, 2.45) is 0 Å². The molecule has 0 radical (unpaired) electrons. The average Bonchev–Trinajstić information content (AvgIpc) is 3.15. The second kappa shape index (κ2) is 7.95. The number of carbonyl (C=O) groups excluding carboxylic acids is 1. The fourth-order valence-corrected chi connectivity index (χ4v) is 2.98. The summed E-state index contributed by atoms with van der Waals surface area (Å²) in [6.07, 6.45) is 5.19. The number of aromatic nitrogens is 2. The van der Waals surface area contributed by atoms with Gasteiger partial charge in [-0.15, -0.1) is 11.3 Å². The number of methoxy groups -OCH3 is 1. The molecule has 2 heterocycles. The molecule has 0 aliphatic rings. The van der Waals surface area contributed by atoms with Crippen LogP contribution in [0.2, 0.25) is 0 Å². The van der Waals surface area contributed by atoms with Crippen LogP contribution in [0.15, 0.2) is 29.9 Å². The van der Waals surface area contributed by atoms with Gasteiger partial charge in [-0.05, 0) is 17.9 Å². The van der Waals surface area contributed by atoms with E-state index in [-0.39, 0.29) is 12.0 Å². The lowest BCUT2D eigenvalue weighted by atomic mass is 10.1. The van der Waals surface area contributed by atoms with E-state index in [1.807, 2.05) is 29.9 Å². The van der Waals surface area contributed by atoms with Gasteiger partial charge in [0.1, 0.15) is 5.82 Å². The van der Waals surface area contributed by atoms with Crippen LogP contribution in [0.25, 0.3) is 0 Å². The van der Waals surface area contributed by atoms with Gasteiger partial charge in [-0.1, -0.05) is 13.0 Å². The molecule has 0 saturated carbocycles. The fraction of sp³-hybridized carbons (Fsp3) is 0.467. The molecule has 2 rings (SSSR count). The van der Waals surface area contributed by atoms with Gasteiger partial charge in [-0.2, -0.15) is 0 Å². The molecule has 0 spiro atoms. The van der Waals surface area contributed by atoms with Gasteiger partial charge in [0.15, 0.2) is 0 Å². The zero-order chi connectivity index (χ0) is 15.1. The second-order valence-electron chi connectivity index (χ2n) is 4.77. The molecule has 1 unspecified atom stereocenters. The summed E-state index contributed by atoms with van der Waals surface area (Å²) in [6.45, 7) is 3.73. The highest BCUT2D eigenvalue weighted by molar-refractivity contribution is 7.10. The Bertz CT molecular complexity index is 551. The van der Waals surface area contributed by atoms with Crippen LogP contribution < -0.4 is 5.32 Å². The summed E-state index contributed by atoms with van der Waals surface area (Å²) >= 11 is 1.64. The van der Waals surface area contributed by atoms with E-state index >= 15 is 0 Å². The van der Waals surface area contributed by atoms with Crippen molar-refractivity contribution in [3.8, 4) is 0 Å². The third-order valence-corrected chi connectivity index (χ3v) is 4.24. The van der Waals surface area contributed by atoms with Crippen molar-refractivity contribution in [1.82, 2.24) is 14.9 Å². The predicted octanol–water partition coefficient (Wildman–Crippen LogP) is 2.75. The van der Waals surface area contributed by atoms with Crippen molar-refractivity contribution in [3.63, 3.8) is 0 Å². The molecule has 0 saturated heterocycles. The van der Waals surface area contributed by atoms with E-state index in [1.165, 1.54) is 7.11 Å². The summed E-state index contributed by atoms with van der Waals surface area (Å²) < 4.78 is 6.92. The molecule has 0 amide bonds. The first-order chi connectivity index (χ1) is 10.2. The van der Waals surface area contributed by atoms with Crippen LogP contribution in [-0.2, 0) is 22.6 Å². The highest BCUT2D eigenvalue weighted by Crippen LogP contribution is 2.22. The van der Waals surface area contributed by atoms with Gasteiger partial charge in [0.05, 0.1) is 26.1 Å². The standard InChI is InChI=1S/C15H21N3O2S/c1-3-7-18-8-6-16-14(18)11-17-12(10-15(19)20-2)13-5-4-9-21-13/h4-6,8-9,12,17H,3,7,10-11H2,1-2H3. The van der Waals surface area contributed by atoms with Crippen LogP contribution in [0.3, 0.4) is 0 Å². The molecule has 0 aromatic carbocycles. The molecular formula is C15H21N3O2S. The van der Waals surface area contributed by atoms with Crippen molar-refractivity contribution in [1.29, 1.82) is 0 Å².